The van der Waals surface area contributed by atoms with E-state index in [-0.39, 0.29) is 0 Å². The quantitative estimate of drug-likeness (QED) is 0.377. The van der Waals surface area contributed by atoms with Crippen LogP contribution in [0, 0.1) is 0 Å². The normalized spacial score (nSPS) is 11.7. The topological polar surface area (TPSA) is 50.1 Å². The van der Waals surface area contributed by atoms with Gasteiger partial charge in [0.25, 0.3) is 0 Å². The molecule has 0 saturated heterocycles. The lowest BCUT2D eigenvalue weighted by Crippen LogP contribution is -2.27. The molecule has 0 unspecified atom stereocenters. The molecule has 0 amide bonds. The first kappa shape index (κ1) is 14.2. The summed E-state index contributed by atoms with van der Waals surface area (Å²) in [5, 5.41) is 14.8. The molecule has 0 radical (unpaired) electrons. The lowest BCUT2D eigenvalue weighted by Gasteiger charge is -2.15. The second-order valence-electron chi connectivity index (χ2n) is 5.93. The molecular weight excluding hydrogens is 282 g/mol. The van der Waals surface area contributed by atoms with Gasteiger partial charge < -0.3 is 16.4 Å². The average Bonchev–Trinajstić information content (AvgIpc) is 2.60. The van der Waals surface area contributed by atoms with E-state index in [9.17, 15) is 0 Å². The molecule has 23 heavy (non-hydrogen) atoms. The zero-order chi connectivity index (χ0) is 15.6. The highest BCUT2D eigenvalue weighted by atomic mass is 14.9. The van der Waals surface area contributed by atoms with Crippen LogP contribution in [0.2, 0.25) is 0 Å². The molecule has 0 spiro atoms. The molecule has 0 aromatic heterocycles. The molecule has 0 bridgehead atoms. The largest absolute Gasteiger partial charge is 0.383 e. The van der Waals surface area contributed by atoms with Crippen LogP contribution in [0.15, 0.2) is 54.6 Å². The number of nitrogens with two attached hydrogens (primary N) is 1. The fourth-order valence-corrected chi connectivity index (χ4v) is 3.40. The SMILES string of the molecule is NCCNCCNc1ccc2ccc3cccc4ccc1c2c34. The van der Waals surface area contributed by atoms with Crippen molar-refractivity contribution in [1.82, 2.24) is 5.32 Å². The highest BCUT2D eigenvalue weighted by Crippen LogP contribution is 2.37. The van der Waals surface area contributed by atoms with E-state index < -0.39 is 0 Å². The van der Waals surface area contributed by atoms with Gasteiger partial charge in [-0.1, -0.05) is 48.5 Å². The Bertz CT molecular complexity index is 930. The van der Waals surface area contributed by atoms with Crippen molar-refractivity contribution in [3.8, 4) is 0 Å². The average molecular weight is 303 g/mol. The Morgan fingerprint density at radius 3 is 2.17 bits per heavy atom. The summed E-state index contributed by atoms with van der Waals surface area (Å²) in [6, 6.07) is 19.8. The summed E-state index contributed by atoms with van der Waals surface area (Å²) in [4.78, 5) is 0. The van der Waals surface area contributed by atoms with Gasteiger partial charge >= 0.3 is 0 Å². The van der Waals surface area contributed by atoms with Gasteiger partial charge in [-0.2, -0.15) is 0 Å². The van der Waals surface area contributed by atoms with Crippen LogP contribution in [0.3, 0.4) is 0 Å². The number of anilines is 1. The standard InChI is InChI=1S/C20H21N3/c21-10-11-22-12-13-23-18-9-7-16-5-4-14-2-1-3-15-6-8-17(18)20(16)19(14)15/h1-9,22-23H,10-13,21H2. The van der Waals surface area contributed by atoms with Crippen LogP contribution >= 0.6 is 0 Å². The Hall–Kier alpha value is -2.36. The molecule has 4 aromatic carbocycles. The zero-order valence-corrected chi connectivity index (χ0v) is 13.1. The maximum absolute atomic E-state index is 5.50. The molecule has 116 valence electrons. The number of rotatable bonds is 6. The van der Waals surface area contributed by atoms with Crippen LogP contribution in [0.25, 0.3) is 32.3 Å². The fourth-order valence-electron chi connectivity index (χ4n) is 3.40. The number of hydrogen-bond donors (Lipinski definition) is 3. The van der Waals surface area contributed by atoms with Gasteiger partial charge in [0.1, 0.15) is 0 Å². The summed E-state index contributed by atoms with van der Waals surface area (Å²) in [7, 11) is 0. The Morgan fingerprint density at radius 2 is 1.39 bits per heavy atom. The third kappa shape index (κ3) is 2.48. The van der Waals surface area contributed by atoms with Crippen LogP contribution in [0.5, 0.6) is 0 Å². The minimum Gasteiger partial charge on any atom is -0.383 e. The molecule has 4 rings (SSSR count). The van der Waals surface area contributed by atoms with E-state index in [2.05, 4.69) is 65.2 Å². The molecule has 0 saturated carbocycles. The summed E-state index contributed by atoms with van der Waals surface area (Å²) in [6.45, 7) is 3.35. The molecule has 0 aliphatic heterocycles. The Morgan fingerprint density at radius 1 is 0.696 bits per heavy atom. The molecule has 0 atom stereocenters. The van der Waals surface area contributed by atoms with Gasteiger partial charge in [0.2, 0.25) is 0 Å². The highest BCUT2D eigenvalue weighted by Gasteiger charge is 2.10. The second kappa shape index (κ2) is 6.03. The Labute approximate surface area is 135 Å². The molecule has 4 aromatic rings. The minimum absolute atomic E-state index is 0.679. The monoisotopic (exact) mass is 303 g/mol. The third-order valence-corrected chi connectivity index (χ3v) is 4.47. The van der Waals surface area contributed by atoms with Crippen LogP contribution in [-0.4, -0.2) is 26.2 Å². The Balaban J connectivity index is 1.77. The third-order valence-electron chi connectivity index (χ3n) is 4.47. The second-order valence-corrected chi connectivity index (χ2v) is 5.93. The van der Waals surface area contributed by atoms with Crippen molar-refractivity contribution in [2.75, 3.05) is 31.5 Å². The minimum atomic E-state index is 0.679. The van der Waals surface area contributed by atoms with E-state index in [1.54, 1.807) is 0 Å². The highest BCUT2D eigenvalue weighted by molar-refractivity contribution is 6.25. The Kier molecular flexibility index (Phi) is 3.74. The number of hydrogen-bond acceptors (Lipinski definition) is 3. The maximum Gasteiger partial charge on any atom is 0.0420 e. The van der Waals surface area contributed by atoms with Gasteiger partial charge in [-0.25, -0.2) is 0 Å². The van der Waals surface area contributed by atoms with E-state index in [1.165, 1.54) is 38.0 Å². The summed E-state index contributed by atoms with van der Waals surface area (Å²) in [5.41, 5.74) is 6.70. The van der Waals surface area contributed by atoms with Gasteiger partial charge in [0, 0.05) is 37.3 Å². The molecule has 4 N–H and O–H groups in total. The fraction of sp³-hybridized carbons (Fsp3) is 0.200. The van der Waals surface area contributed by atoms with Crippen LogP contribution in [-0.2, 0) is 0 Å². The van der Waals surface area contributed by atoms with E-state index in [0.717, 1.165) is 19.6 Å². The van der Waals surface area contributed by atoms with E-state index in [4.69, 9.17) is 5.73 Å². The van der Waals surface area contributed by atoms with Crippen LogP contribution in [0.4, 0.5) is 5.69 Å². The summed E-state index contributed by atoms with van der Waals surface area (Å²) in [6.07, 6.45) is 0. The van der Waals surface area contributed by atoms with E-state index in [0.29, 0.717) is 6.54 Å². The van der Waals surface area contributed by atoms with Crippen molar-refractivity contribution in [1.29, 1.82) is 0 Å². The van der Waals surface area contributed by atoms with Gasteiger partial charge in [0.05, 0.1) is 0 Å². The summed E-state index contributed by atoms with van der Waals surface area (Å²) in [5.74, 6) is 0. The first-order chi connectivity index (χ1) is 11.4. The molecule has 0 aliphatic carbocycles. The molecule has 0 fully saturated rings. The predicted molar refractivity (Wildman–Crippen MR) is 101 cm³/mol. The van der Waals surface area contributed by atoms with Crippen molar-refractivity contribution in [2.45, 2.75) is 0 Å². The van der Waals surface area contributed by atoms with Gasteiger partial charge in [-0.3, -0.25) is 0 Å². The van der Waals surface area contributed by atoms with Gasteiger partial charge in [-0.15, -0.1) is 0 Å². The first-order valence-electron chi connectivity index (χ1n) is 8.19. The van der Waals surface area contributed by atoms with Crippen molar-refractivity contribution < 1.29 is 0 Å². The molecule has 0 heterocycles. The lowest BCUT2D eigenvalue weighted by molar-refractivity contribution is 0.707. The molecule has 0 aliphatic rings. The maximum atomic E-state index is 5.50. The van der Waals surface area contributed by atoms with Crippen molar-refractivity contribution in [2.24, 2.45) is 5.73 Å². The van der Waals surface area contributed by atoms with Gasteiger partial charge in [-0.05, 0) is 33.0 Å². The first-order valence-corrected chi connectivity index (χ1v) is 8.19. The van der Waals surface area contributed by atoms with E-state index in [1.807, 2.05) is 0 Å². The molecule has 3 heteroatoms. The van der Waals surface area contributed by atoms with Crippen LogP contribution < -0.4 is 16.4 Å². The van der Waals surface area contributed by atoms with E-state index >= 15 is 0 Å². The molecule has 3 nitrogen and oxygen atoms in total. The lowest BCUT2D eigenvalue weighted by atomic mass is 9.93. The molecular formula is C20H21N3. The summed E-state index contributed by atoms with van der Waals surface area (Å²) >= 11 is 0. The number of benzene rings is 4. The van der Waals surface area contributed by atoms with Crippen molar-refractivity contribution in [3.05, 3.63) is 54.6 Å². The smallest absolute Gasteiger partial charge is 0.0420 e. The van der Waals surface area contributed by atoms with Crippen molar-refractivity contribution in [3.63, 3.8) is 0 Å². The van der Waals surface area contributed by atoms with Crippen molar-refractivity contribution >= 4 is 38.0 Å². The number of nitrogens with one attached hydrogen (secondary N) is 2. The zero-order valence-electron chi connectivity index (χ0n) is 13.1. The predicted octanol–water partition coefficient (Wildman–Crippen LogP) is 3.54. The van der Waals surface area contributed by atoms with Crippen LogP contribution in [0.1, 0.15) is 0 Å². The summed E-state index contributed by atoms with van der Waals surface area (Å²) < 4.78 is 0. The van der Waals surface area contributed by atoms with Gasteiger partial charge in [0.15, 0.2) is 0 Å².